The maximum absolute atomic E-state index is 12.9. The van der Waals surface area contributed by atoms with Gasteiger partial charge < -0.3 is 14.2 Å². The highest BCUT2D eigenvalue weighted by molar-refractivity contribution is 5.71. The van der Waals surface area contributed by atoms with E-state index in [9.17, 15) is 14.4 Å². The van der Waals surface area contributed by atoms with E-state index in [-0.39, 0.29) is 31.1 Å². The Labute approximate surface area is 461 Å². The zero-order valence-corrected chi connectivity index (χ0v) is 48.3. The predicted octanol–water partition coefficient (Wildman–Crippen LogP) is 20.8. The Balaban J connectivity index is 4.54. The van der Waals surface area contributed by atoms with Crippen molar-refractivity contribution in [2.75, 3.05) is 13.2 Å². The molecule has 0 aromatic rings. The normalized spacial score (nSPS) is 13.2. The van der Waals surface area contributed by atoms with Crippen LogP contribution in [0.1, 0.15) is 252 Å². The van der Waals surface area contributed by atoms with Crippen molar-refractivity contribution in [2.24, 2.45) is 0 Å². The fraction of sp³-hybridized carbons (Fsp3) is 0.609. The van der Waals surface area contributed by atoms with Crippen molar-refractivity contribution < 1.29 is 28.6 Å². The molecule has 422 valence electrons. The van der Waals surface area contributed by atoms with E-state index in [0.29, 0.717) is 19.3 Å². The van der Waals surface area contributed by atoms with Gasteiger partial charge in [0.25, 0.3) is 0 Å². The van der Waals surface area contributed by atoms with Crippen LogP contribution in [0.2, 0.25) is 0 Å². The molecule has 75 heavy (non-hydrogen) atoms. The van der Waals surface area contributed by atoms with Gasteiger partial charge in [-0.1, -0.05) is 276 Å². The number of allylic oxidation sites excluding steroid dienone is 24. The van der Waals surface area contributed by atoms with E-state index in [1.54, 1.807) is 0 Å². The van der Waals surface area contributed by atoms with Crippen LogP contribution in [0.15, 0.2) is 146 Å². The fourth-order valence-corrected chi connectivity index (χ4v) is 8.00. The first kappa shape index (κ1) is 70.3. The molecular weight excluding hydrogens is 925 g/mol. The molecule has 0 aromatic heterocycles. The second kappa shape index (κ2) is 61.8. The van der Waals surface area contributed by atoms with Gasteiger partial charge in [0.2, 0.25) is 0 Å². The summed E-state index contributed by atoms with van der Waals surface area (Å²) in [4.78, 5) is 38.3. The number of carbonyl (C=O) groups is 3. The number of hydrogen-bond donors (Lipinski definition) is 0. The van der Waals surface area contributed by atoms with E-state index in [0.717, 1.165) is 109 Å². The first-order chi connectivity index (χ1) is 37.0. The molecule has 6 heteroatoms. The van der Waals surface area contributed by atoms with Gasteiger partial charge in [0, 0.05) is 19.3 Å². The SMILES string of the molecule is CC\C=C/C=C\C=C/C=C\C=C\C=C/C=C\CCCCCC(=O)OCC(COC(=O)CCCCCCCCC/C=C\CCCCCCCCCC)OC(=O)CCCCCCCC/C=C\C/C=C\C/C=C\C/C=C\CC. The van der Waals surface area contributed by atoms with Gasteiger partial charge in [0.1, 0.15) is 13.2 Å². The smallest absolute Gasteiger partial charge is 0.306 e. The van der Waals surface area contributed by atoms with Crippen molar-refractivity contribution in [1.82, 2.24) is 0 Å². The lowest BCUT2D eigenvalue weighted by molar-refractivity contribution is -0.167. The number of unbranched alkanes of at least 4 members (excludes halogenated alkanes) is 24. The Hall–Kier alpha value is -4.71. The molecule has 1 atom stereocenters. The van der Waals surface area contributed by atoms with Crippen molar-refractivity contribution >= 4 is 17.9 Å². The largest absolute Gasteiger partial charge is 0.462 e. The van der Waals surface area contributed by atoms with Crippen LogP contribution in [0.3, 0.4) is 0 Å². The highest BCUT2D eigenvalue weighted by Gasteiger charge is 2.19. The summed E-state index contributed by atoms with van der Waals surface area (Å²) >= 11 is 0. The second-order valence-corrected chi connectivity index (χ2v) is 19.7. The quantitative estimate of drug-likeness (QED) is 0.0199. The third-order valence-corrected chi connectivity index (χ3v) is 12.5. The Kier molecular flexibility index (Phi) is 58.0. The lowest BCUT2D eigenvalue weighted by Crippen LogP contribution is -2.30. The Morgan fingerprint density at radius 1 is 0.293 bits per heavy atom. The Morgan fingerprint density at radius 2 is 0.587 bits per heavy atom. The topological polar surface area (TPSA) is 78.9 Å². The standard InChI is InChI=1S/C69H110O6/c1-4-7-10-13-16-19-22-25-28-31-34-37-40-43-46-49-52-55-58-61-67(70)73-64-66(75-69(72)63-60-57-54-51-48-45-42-39-36-33-30-27-24-21-18-15-12-9-6-3)65-74-68(71)62-59-56-53-50-47-44-41-38-35-32-29-26-23-20-17-14-11-8-5-2/h7,9-10,12-13,16,18-19,21-22,25,27-28,30-32,34-37,39-40,43,46,66H,4-6,8,11,14-15,17,20,23-24,26,29,33,38,41-42,44-45,47-65H2,1-3H3/b10-7-,12-9-,16-13-,21-18-,22-19-,28-25-,30-27-,34-31+,35-32-,39-36-,40-37-,46-43-. The molecule has 0 N–H and O–H groups in total. The van der Waals surface area contributed by atoms with Gasteiger partial charge >= 0.3 is 17.9 Å². The molecule has 0 spiro atoms. The molecular formula is C69H110O6. The lowest BCUT2D eigenvalue weighted by atomic mass is 10.1. The van der Waals surface area contributed by atoms with Crippen LogP contribution in [-0.4, -0.2) is 37.2 Å². The van der Waals surface area contributed by atoms with Crippen LogP contribution in [0, 0.1) is 0 Å². The molecule has 0 aromatic carbocycles. The van der Waals surface area contributed by atoms with E-state index in [1.807, 2.05) is 72.9 Å². The van der Waals surface area contributed by atoms with Gasteiger partial charge in [-0.2, -0.15) is 0 Å². The number of hydrogen-bond acceptors (Lipinski definition) is 6. The van der Waals surface area contributed by atoms with Crippen LogP contribution in [-0.2, 0) is 28.6 Å². The van der Waals surface area contributed by atoms with Crippen LogP contribution in [0.25, 0.3) is 0 Å². The van der Waals surface area contributed by atoms with Crippen molar-refractivity contribution in [3.8, 4) is 0 Å². The molecule has 0 amide bonds. The summed E-state index contributed by atoms with van der Waals surface area (Å²) in [5.74, 6) is -0.973. The highest BCUT2D eigenvalue weighted by atomic mass is 16.6. The molecule has 0 saturated heterocycles. The van der Waals surface area contributed by atoms with Gasteiger partial charge in [-0.05, 0) is 103 Å². The summed E-state index contributed by atoms with van der Waals surface area (Å²) in [6, 6.07) is 0. The molecule has 0 heterocycles. The molecule has 0 aliphatic heterocycles. The van der Waals surface area contributed by atoms with Gasteiger partial charge in [-0.25, -0.2) is 0 Å². The summed E-state index contributed by atoms with van der Waals surface area (Å²) in [6.07, 6.45) is 88.3. The zero-order valence-electron chi connectivity index (χ0n) is 48.3. The van der Waals surface area contributed by atoms with E-state index in [1.165, 1.54) is 103 Å². The number of ether oxygens (including phenoxy) is 3. The zero-order chi connectivity index (χ0) is 54.3. The van der Waals surface area contributed by atoms with E-state index in [4.69, 9.17) is 14.2 Å². The maximum atomic E-state index is 12.9. The Bertz CT molecular complexity index is 1660. The summed E-state index contributed by atoms with van der Waals surface area (Å²) < 4.78 is 16.9. The molecule has 0 radical (unpaired) electrons. The monoisotopic (exact) mass is 1030 g/mol. The molecule has 0 aliphatic rings. The fourth-order valence-electron chi connectivity index (χ4n) is 8.00. The Morgan fingerprint density at radius 3 is 1.00 bits per heavy atom. The lowest BCUT2D eigenvalue weighted by Gasteiger charge is -2.18. The molecule has 6 nitrogen and oxygen atoms in total. The number of rotatable bonds is 53. The van der Waals surface area contributed by atoms with Crippen molar-refractivity contribution in [3.05, 3.63) is 146 Å². The minimum Gasteiger partial charge on any atom is -0.462 e. The minimum absolute atomic E-state index is 0.107. The molecule has 0 rings (SSSR count). The summed E-state index contributed by atoms with van der Waals surface area (Å²) in [5, 5.41) is 0. The molecule has 0 bridgehead atoms. The van der Waals surface area contributed by atoms with Gasteiger partial charge in [-0.3, -0.25) is 14.4 Å². The minimum atomic E-state index is -0.815. The molecule has 1 unspecified atom stereocenters. The third kappa shape index (κ3) is 60.0. The van der Waals surface area contributed by atoms with Gasteiger partial charge in [0.05, 0.1) is 0 Å². The van der Waals surface area contributed by atoms with Crippen molar-refractivity contribution in [1.29, 1.82) is 0 Å². The van der Waals surface area contributed by atoms with E-state index >= 15 is 0 Å². The van der Waals surface area contributed by atoms with Gasteiger partial charge in [0.15, 0.2) is 6.10 Å². The third-order valence-electron chi connectivity index (χ3n) is 12.5. The van der Waals surface area contributed by atoms with Crippen LogP contribution < -0.4 is 0 Å². The first-order valence-corrected chi connectivity index (χ1v) is 30.4. The predicted molar refractivity (Wildman–Crippen MR) is 325 cm³/mol. The van der Waals surface area contributed by atoms with E-state index in [2.05, 4.69) is 93.7 Å². The van der Waals surface area contributed by atoms with Gasteiger partial charge in [-0.15, -0.1) is 0 Å². The van der Waals surface area contributed by atoms with Crippen LogP contribution in [0.5, 0.6) is 0 Å². The average Bonchev–Trinajstić information content (AvgIpc) is 3.41. The first-order valence-electron chi connectivity index (χ1n) is 30.4. The number of esters is 3. The molecule has 0 aliphatic carbocycles. The maximum Gasteiger partial charge on any atom is 0.306 e. The van der Waals surface area contributed by atoms with Crippen molar-refractivity contribution in [3.63, 3.8) is 0 Å². The average molecular weight is 1040 g/mol. The second-order valence-electron chi connectivity index (χ2n) is 19.7. The highest BCUT2D eigenvalue weighted by Crippen LogP contribution is 2.15. The molecule has 0 saturated carbocycles. The van der Waals surface area contributed by atoms with Crippen LogP contribution in [0.4, 0.5) is 0 Å². The summed E-state index contributed by atoms with van der Waals surface area (Å²) in [7, 11) is 0. The summed E-state index contributed by atoms with van der Waals surface area (Å²) in [6.45, 7) is 6.33. The van der Waals surface area contributed by atoms with Crippen molar-refractivity contribution in [2.45, 2.75) is 258 Å². The summed E-state index contributed by atoms with van der Waals surface area (Å²) in [5.41, 5.74) is 0. The van der Waals surface area contributed by atoms with Crippen LogP contribution >= 0.6 is 0 Å². The molecule has 0 fully saturated rings. The van der Waals surface area contributed by atoms with E-state index < -0.39 is 6.10 Å². The number of carbonyl (C=O) groups excluding carboxylic acids is 3.